The van der Waals surface area contributed by atoms with Crippen molar-refractivity contribution in [2.24, 2.45) is 0 Å². The molecule has 0 saturated heterocycles. The number of carbonyl (C=O) groups excluding carboxylic acids is 1. The number of benzene rings is 1. The molecule has 1 aromatic carbocycles. The summed E-state index contributed by atoms with van der Waals surface area (Å²) >= 11 is 1.48. The molecule has 0 spiro atoms. The molecule has 0 radical (unpaired) electrons. The summed E-state index contributed by atoms with van der Waals surface area (Å²) in [5.74, 6) is 1.18. The maximum Gasteiger partial charge on any atom is 0.206 e. The van der Waals surface area contributed by atoms with E-state index in [9.17, 15) is 4.79 Å². The van der Waals surface area contributed by atoms with Crippen LogP contribution >= 0.6 is 11.3 Å². The molecule has 0 saturated carbocycles. The Bertz CT molecular complexity index is 572. The van der Waals surface area contributed by atoms with Crippen LogP contribution in [-0.4, -0.2) is 20.0 Å². The average Bonchev–Trinajstić information content (AvgIpc) is 2.83. The van der Waals surface area contributed by atoms with Gasteiger partial charge in [-0.25, -0.2) is 0 Å². The van der Waals surface area contributed by atoms with Crippen LogP contribution in [0.5, 0.6) is 11.5 Å². The van der Waals surface area contributed by atoms with Crippen molar-refractivity contribution in [3.8, 4) is 11.5 Å². The SMILES string of the molecule is COc1ccc(C(=O)c2ccc(C)s2)c(OC)c1. The molecule has 1 aromatic heterocycles. The Morgan fingerprint density at radius 3 is 2.44 bits per heavy atom. The fourth-order valence-electron chi connectivity index (χ4n) is 1.68. The number of hydrogen-bond acceptors (Lipinski definition) is 4. The zero-order valence-electron chi connectivity index (χ0n) is 10.5. The number of carbonyl (C=O) groups is 1. The molecule has 0 aliphatic heterocycles. The van der Waals surface area contributed by atoms with Gasteiger partial charge in [-0.15, -0.1) is 11.3 Å². The van der Waals surface area contributed by atoms with Crippen LogP contribution in [0.2, 0.25) is 0 Å². The molecule has 0 amide bonds. The van der Waals surface area contributed by atoms with E-state index < -0.39 is 0 Å². The highest BCUT2D eigenvalue weighted by atomic mass is 32.1. The second-order valence-electron chi connectivity index (χ2n) is 3.81. The second-order valence-corrected chi connectivity index (χ2v) is 5.09. The lowest BCUT2D eigenvalue weighted by Crippen LogP contribution is -2.02. The van der Waals surface area contributed by atoms with Crippen LogP contribution in [0.4, 0.5) is 0 Å². The standard InChI is InChI=1S/C14H14O3S/c1-9-4-7-13(18-9)14(15)11-6-5-10(16-2)8-12(11)17-3/h4-8H,1-3H3. The molecule has 3 nitrogen and oxygen atoms in total. The van der Waals surface area contributed by atoms with Gasteiger partial charge >= 0.3 is 0 Å². The van der Waals surface area contributed by atoms with E-state index in [1.807, 2.05) is 19.1 Å². The van der Waals surface area contributed by atoms with Gasteiger partial charge in [-0.3, -0.25) is 4.79 Å². The Kier molecular flexibility index (Phi) is 3.67. The second kappa shape index (κ2) is 5.23. The van der Waals surface area contributed by atoms with Gasteiger partial charge in [-0.2, -0.15) is 0 Å². The van der Waals surface area contributed by atoms with Gasteiger partial charge in [-0.05, 0) is 31.2 Å². The van der Waals surface area contributed by atoms with E-state index in [2.05, 4.69) is 0 Å². The summed E-state index contributed by atoms with van der Waals surface area (Å²) in [7, 11) is 3.13. The molecule has 4 heteroatoms. The Hall–Kier alpha value is -1.81. The first-order valence-electron chi connectivity index (χ1n) is 5.49. The predicted molar refractivity (Wildman–Crippen MR) is 72.0 cm³/mol. The van der Waals surface area contributed by atoms with E-state index >= 15 is 0 Å². The van der Waals surface area contributed by atoms with Gasteiger partial charge in [0.15, 0.2) is 0 Å². The van der Waals surface area contributed by atoms with Crippen LogP contribution in [0.15, 0.2) is 30.3 Å². The summed E-state index contributed by atoms with van der Waals surface area (Å²) in [6, 6.07) is 8.98. The molecule has 18 heavy (non-hydrogen) atoms. The lowest BCUT2D eigenvalue weighted by Gasteiger charge is -2.08. The summed E-state index contributed by atoms with van der Waals surface area (Å²) in [6.07, 6.45) is 0. The van der Waals surface area contributed by atoms with E-state index in [1.165, 1.54) is 11.3 Å². The van der Waals surface area contributed by atoms with Crippen molar-refractivity contribution in [1.29, 1.82) is 0 Å². The zero-order chi connectivity index (χ0) is 13.1. The number of methoxy groups -OCH3 is 2. The van der Waals surface area contributed by atoms with Gasteiger partial charge in [0, 0.05) is 10.9 Å². The van der Waals surface area contributed by atoms with Crippen LogP contribution in [0.25, 0.3) is 0 Å². The summed E-state index contributed by atoms with van der Waals surface area (Å²) in [5, 5.41) is 0. The molecule has 0 unspecified atom stereocenters. The monoisotopic (exact) mass is 262 g/mol. The van der Waals surface area contributed by atoms with E-state index in [-0.39, 0.29) is 5.78 Å². The van der Waals surface area contributed by atoms with Crippen LogP contribution < -0.4 is 9.47 Å². The molecular formula is C14H14O3S. The van der Waals surface area contributed by atoms with E-state index in [0.29, 0.717) is 17.1 Å². The quantitative estimate of drug-likeness (QED) is 0.793. The Morgan fingerprint density at radius 2 is 1.89 bits per heavy atom. The first kappa shape index (κ1) is 12.6. The van der Waals surface area contributed by atoms with Crippen molar-refractivity contribution in [1.82, 2.24) is 0 Å². The minimum Gasteiger partial charge on any atom is -0.497 e. The molecule has 2 rings (SSSR count). The first-order chi connectivity index (χ1) is 8.65. The highest BCUT2D eigenvalue weighted by Gasteiger charge is 2.16. The fourth-order valence-corrected chi connectivity index (χ4v) is 2.50. The van der Waals surface area contributed by atoms with E-state index in [0.717, 1.165) is 9.75 Å². The molecule has 0 aliphatic carbocycles. The lowest BCUT2D eigenvalue weighted by atomic mass is 10.1. The third kappa shape index (κ3) is 2.38. The van der Waals surface area contributed by atoms with E-state index in [1.54, 1.807) is 32.4 Å². The van der Waals surface area contributed by atoms with Gasteiger partial charge < -0.3 is 9.47 Å². The minimum atomic E-state index is -0.0207. The van der Waals surface area contributed by atoms with Crippen molar-refractivity contribution < 1.29 is 14.3 Å². The topological polar surface area (TPSA) is 35.5 Å². The Morgan fingerprint density at radius 1 is 1.11 bits per heavy atom. The van der Waals surface area contributed by atoms with Crippen molar-refractivity contribution in [3.05, 3.63) is 45.6 Å². The summed E-state index contributed by atoms with van der Waals surface area (Å²) in [6.45, 7) is 1.98. The number of hydrogen-bond donors (Lipinski definition) is 0. The largest absolute Gasteiger partial charge is 0.497 e. The molecule has 0 fully saturated rings. The third-order valence-electron chi connectivity index (χ3n) is 2.62. The third-order valence-corrected chi connectivity index (χ3v) is 3.62. The van der Waals surface area contributed by atoms with Gasteiger partial charge in [0.1, 0.15) is 11.5 Å². The van der Waals surface area contributed by atoms with E-state index in [4.69, 9.17) is 9.47 Å². The molecule has 0 atom stereocenters. The zero-order valence-corrected chi connectivity index (χ0v) is 11.3. The minimum absolute atomic E-state index is 0.0207. The van der Waals surface area contributed by atoms with Gasteiger partial charge in [-0.1, -0.05) is 0 Å². The lowest BCUT2D eigenvalue weighted by molar-refractivity contribution is 0.103. The highest BCUT2D eigenvalue weighted by molar-refractivity contribution is 7.14. The van der Waals surface area contributed by atoms with Crippen LogP contribution in [-0.2, 0) is 0 Å². The molecule has 1 heterocycles. The van der Waals surface area contributed by atoms with Crippen molar-refractivity contribution in [2.75, 3.05) is 14.2 Å². The average molecular weight is 262 g/mol. The first-order valence-corrected chi connectivity index (χ1v) is 6.30. The molecule has 94 valence electrons. The highest BCUT2D eigenvalue weighted by Crippen LogP contribution is 2.28. The predicted octanol–water partition coefficient (Wildman–Crippen LogP) is 3.30. The smallest absolute Gasteiger partial charge is 0.206 e. The number of rotatable bonds is 4. The summed E-state index contributed by atoms with van der Waals surface area (Å²) < 4.78 is 10.4. The van der Waals surface area contributed by atoms with Gasteiger partial charge in [0.2, 0.25) is 5.78 Å². The van der Waals surface area contributed by atoms with Crippen LogP contribution in [0.3, 0.4) is 0 Å². The Balaban J connectivity index is 2.41. The van der Waals surface area contributed by atoms with Crippen LogP contribution in [0.1, 0.15) is 20.1 Å². The number of aryl methyl sites for hydroxylation is 1. The summed E-state index contributed by atoms with van der Waals surface area (Å²) in [4.78, 5) is 14.2. The number of ketones is 1. The molecule has 2 aromatic rings. The van der Waals surface area contributed by atoms with Crippen molar-refractivity contribution in [2.45, 2.75) is 6.92 Å². The number of ether oxygens (including phenoxy) is 2. The van der Waals surface area contributed by atoms with Crippen molar-refractivity contribution >= 4 is 17.1 Å². The maximum absolute atomic E-state index is 12.3. The number of thiophene rings is 1. The summed E-state index contributed by atoms with van der Waals surface area (Å²) in [5.41, 5.74) is 0.556. The maximum atomic E-state index is 12.3. The molecule has 0 N–H and O–H groups in total. The fraction of sp³-hybridized carbons (Fsp3) is 0.214. The van der Waals surface area contributed by atoms with Crippen molar-refractivity contribution in [3.63, 3.8) is 0 Å². The Labute approximate surface area is 110 Å². The van der Waals surface area contributed by atoms with Crippen LogP contribution in [0, 0.1) is 6.92 Å². The normalized spacial score (nSPS) is 10.2. The molecule has 0 aliphatic rings. The van der Waals surface area contributed by atoms with Gasteiger partial charge in [0.05, 0.1) is 24.7 Å². The molecular weight excluding hydrogens is 248 g/mol. The van der Waals surface area contributed by atoms with Gasteiger partial charge in [0.25, 0.3) is 0 Å². The molecule has 0 bridgehead atoms.